The molecule has 2 aromatic carbocycles. The van der Waals surface area contributed by atoms with Crippen LogP contribution in [0, 0.1) is 0 Å². The molecule has 1 N–H and O–H groups in total. The van der Waals surface area contributed by atoms with Crippen LogP contribution >= 0.6 is 23.1 Å². The Balaban J connectivity index is 1.71. The highest BCUT2D eigenvalue weighted by atomic mass is 32.2. The summed E-state index contributed by atoms with van der Waals surface area (Å²) in [6.07, 6.45) is 1.96. The van der Waals surface area contributed by atoms with Crippen LogP contribution in [0.5, 0.6) is 5.75 Å². The highest BCUT2D eigenvalue weighted by Gasteiger charge is 2.18. The Morgan fingerprint density at radius 1 is 1.09 bits per heavy atom. The molecule has 0 aliphatic rings. The maximum atomic E-state index is 13.3. The molecular weight excluding hydrogens is 446 g/mol. The number of benzene rings is 2. The number of carbonyl (C=O) groups is 1. The van der Waals surface area contributed by atoms with Gasteiger partial charge in [-0.2, -0.15) is 0 Å². The number of hydrogen-bond donors (Lipinski definition) is 1. The van der Waals surface area contributed by atoms with Crippen molar-refractivity contribution >= 4 is 44.9 Å². The third kappa shape index (κ3) is 4.35. The van der Waals surface area contributed by atoms with Crippen molar-refractivity contribution in [3.05, 3.63) is 86.4 Å². The lowest BCUT2D eigenvalue weighted by Crippen LogP contribution is -2.41. The quantitative estimate of drug-likeness (QED) is 0.420. The molecular formula is C23H21N3O4S2. The van der Waals surface area contributed by atoms with Gasteiger partial charge in [0.1, 0.15) is 17.0 Å². The van der Waals surface area contributed by atoms with Crippen molar-refractivity contribution in [3.63, 3.8) is 0 Å². The van der Waals surface area contributed by atoms with Crippen molar-refractivity contribution in [3.8, 4) is 5.75 Å². The van der Waals surface area contributed by atoms with Crippen molar-refractivity contribution in [1.82, 2.24) is 9.13 Å². The van der Waals surface area contributed by atoms with Gasteiger partial charge in [-0.3, -0.25) is 18.7 Å². The first-order valence-electron chi connectivity index (χ1n) is 9.78. The Morgan fingerprint density at radius 3 is 2.69 bits per heavy atom. The number of hydrogen-bond acceptors (Lipinski definition) is 6. The van der Waals surface area contributed by atoms with Gasteiger partial charge in [-0.25, -0.2) is 4.79 Å². The number of carbonyl (C=O) groups excluding carboxylic acids is 1. The summed E-state index contributed by atoms with van der Waals surface area (Å²) < 4.78 is 8.28. The summed E-state index contributed by atoms with van der Waals surface area (Å²) in [5.74, 6) is 0.239. The number of thioether (sulfide) groups is 1. The molecule has 0 aliphatic heterocycles. The van der Waals surface area contributed by atoms with Crippen molar-refractivity contribution in [2.75, 3.05) is 18.7 Å². The molecule has 0 fully saturated rings. The topological polar surface area (TPSA) is 82.3 Å². The fraction of sp³-hybridized carbons (Fsp3) is 0.174. The number of methoxy groups -OCH3 is 1. The third-order valence-electron chi connectivity index (χ3n) is 5.01. The first kappa shape index (κ1) is 21.9. The second kappa shape index (κ2) is 9.46. The van der Waals surface area contributed by atoms with E-state index in [2.05, 4.69) is 5.32 Å². The number of rotatable bonds is 7. The van der Waals surface area contributed by atoms with Crippen molar-refractivity contribution in [2.45, 2.75) is 18.0 Å². The standard InChI is InChI=1S/C23H21N3O4S2/c1-30-19-9-4-3-6-15(19)13-26-22(28)21-18(10-11-32-21)25(23(26)29)14-20(27)24-16-7-5-8-17(12-16)31-2/h3-12H,13-14H2,1-2H3,(H,24,27). The van der Waals surface area contributed by atoms with Gasteiger partial charge in [-0.05, 0) is 42.0 Å². The number of fused-ring (bicyclic) bond motifs is 1. The number of anilines is 1. The number of nitrogens with one attached hydrogen (secondary N) is 1. The largest absolute Gasteiger partial charge is 0.496 e. The van der Waals surface area contributed by atoms with Gasteiger partial charge in [-0.15, -0.1) is 23.1 Å². The molecule has 0 saturated heterocycles. The average molecular weight is 468 g/mol. The van der Waals surface area contributed by atoms with E-state index in [-0.39, 0.29) is 24.6 Å². The summed E-state index contributed by atoms with van der Waals surface area (Å²) in [7, 11) is 1.54. The van der Waals surface area contributed by atoms with E-state index in [1.807, 2.05) is 36.6 Å². The maximum Gasteiger partial charge on any atom is 0.332 e. The van der Waals surface area contributed by atoms with Crippen LogP contribution in [0.1, 0.15) is 5.56 Å². The molecule has 0 spiro atoms. The van der Waals surface area contributed by atoms with Gasteiger partial charge in [0.15, 0.2) is 0 Å². The van der Waals surface area contributed by atoms with Crippen molar-refractivity contribution in [2.24, 2.45) is 0 Å². The summed E-state index contributed by atoms with van der Waals surface area (Å²) >= 11 is 2.82. The number of nitrogens with zero attached hydrogens (tertiary/aromatic N) is 2. The molecule has 9 heteroatoms. The summed E-state index contributed by atoms with van der Waals surface area (Å²) in [6, 6.07) is 16.4. The third-order valence-corrected chi connectivity index (χ3v) is 6.63. The number of para-hydroxylation sites is 1. The van der Waals surface area contributed by atoms with E-state index >= 15 is 0 Å². The van der Waals surface area contributed by atoms with E-state index in [0.29, 0.717) is 27.2 Å². The Hall–Kier alpha value is -3.30. The monoisotopic (exact) mass is 467 g/mol. The van der Waals surface area contributed by atoms with Crippen LogP contribution in [0.15, 0.2) is 74.5 Å². The lowest BCUT2D eigenvalue weighted by atomic mass is 10.2. The number of aromatic nitrogens is 2. The van der Waals surface area contributed by atoms with Gasteiger partial charge in [0.2, 0.25) is 5.91 Å². The van der Waals surface area contributed by atoms with Crippen molar-refractivity contribution < 1.29 is 9.53 Å². The Bertz CT molecular complexity index is 1400. The minimum atomic E-state index is -0.542. The number of amides is 1. The highest BCUT2D eigenvalue weighted by Crippen LogP contribution is 2.21. The van der Waals surface area contributed by atoms with E-state index < -0.39 is 5.69 Å². The Morgan fingerprint density at radius 2 is 1.91 bits per heavy atom. The summed E-state index contributed by atoms with van der Waals surface area (Å²) in [5, 5.41) is 4.58. The minimum absolute atomic E-state index is 0.0485. The van der Waals surface area contributed by atoms with Crippen LogP contribution < -0.4 is 21.3 Å². The highest BCUT2D eigenvalue weighted by molar-refractivity contribution is 7.98. The predicted octanol–water partition coefficient (Wildman–Crippen LogP) is 3.64. The molecule has 0 atom stereocenters. The summed E-state index contributed by atoms with van der Waals surface area (Å²) in [4.78, 5) is 40.1. The Labute approximate surface area is 192 Å². The van der Waals surface area contributed by atoms with Gasteiger partial charge in [0.25, 0.3) is 5.56 Å². The first-order chi connectivity index (χ1) is 15.5. The average Bonchev–Trinajstić information content (AvgIpc) is 3.30. The molecule has 4 rings (SSSR count). The lowest BCUT2D eigenvalue weighted by molar-refractivity contribution is -0.116. The molecule has 164 valence electrons. The Kier molecular flexibility index (Phi) is 6.48. The summed E-state index contributed by atoms with van der Waals surface area (Å²) in [5.41, 5.74) is 0.887. The second-order valence-electron chi connectivity index (χ2n) is 6.99. The van der Waals surface area contributed by atoms with Crippen LogP contribution in [0.25, 0.3) is 10.2 Å². The molecule has 2 heterocycles. The fourth-order valence-corrected chi connectivity index (χ4v) is 4.78. The van der Waals surface area contributed by atoms with Gasteiger partial charge in [0, 0.05) is 16.1 Å². The molecule has 2 aromatic heterocycles. The minimum Gasteiger partial charge on any atom is -0.496 e. The molecule has 32 heavy (non-hydrogen) atoms. The fourth-order valence-electron chi connectivity index (χ4n) is 3.47. The second-order valence-corrected chi connectivity index (χ2v) is 8.78. The number of thiophene rings is 1. The van der Waals surface area contributed by atoms with Crippen LogP contribution in [0.2, 0.25) is 0 Å². The first-order valence-corrected chi connectivity index (χ1v) is 11.9. The van der Waals surface area contributed by atoms with Gasteiger partial charge >= 0.3 is 5.69 Å². The van der Waals surface area contributed by atoms with E-state index in [9.17, 15) is 14.4 Å². The zero-order chi connectivity index (χ0) is 22.7. The van der Waals surface area contributed by atoms with Crippen LogP contribution in [0.3, 0.4) is 0 Å². The van der Waals surface area contributed by atoms with Gasteiger partial charge in [0.05, 0.1) is 19.2 Å². The predicted molar refractivity (Wildman–Crippen MR) is 129 cm³/mol. The van der Waals surface area contributed by atoms with E-state index in [0.717, 1.165) is 9.46 Å². The van der Waals surface area contributed by atoms with Crippen molar-refractivity contribution in [1.29, 1.82) is 0 Å². The van der Waals surface area contributed by atoms with Crippen LogP contribution in [-0.2, 0) is 17.9 Å². The van der Waals surface area contributed by atoms with Crippen LogP contribution in [0.4, 0.5) is 5.69 Å². The maximum absolute atomic E-state index is 13.3. The zero-order valence-corrected chi connectivity index (χ0v) is 19.2. The molecule has 0 bridgehead atoms. The number of ether oxygens (including phenoxy) is 1. The molecule has 7 nitrogen and oxygen atoms in total. The van der Waals surface area contributed by atoms with E-state index in [1.165, 1.54) is 15.9 Å². The van der Waals surface area contributed by atoms with E-state index in [4.69, 9.17) is 4.74 Å². The van der Waals surface area contributed by atoms with Crippen LogP contribution in [-0.4, -0.2) is 28.4 Å². The normalized spacial score (nSPS) is 10.9. The molecule has 1 amide bonds. The molecule has 0 unspecified atom stereocenters. The molecule has 0 saturated carbocycles. The van der Waals surface area contributed by atoms with E-state index in [1.54, 1.807) is 48.5 Å². The summed E-state index contributed by atoms with van der Waals surface area (Å²) in [6.45, 7) is -0.158. The van der Waals surface area contributed by atoms with Gasteiger partial charge < -0.3 is 10.1 Å². The molecule has 4 aromatic rings. The zero-order valence-electron chi connectivity index (χ0n) is 17.5. The molecule has 0 radical (unpaired) electrons. The smallest absolute Gasteiger partial charge is 0.332 e. The molecule has 0 aliphatic carbocycles. The SMILES string of the molecule is COc1ccccc1Cn1c(=O)c2sccc2n(CC(=O)Nc2cccc(SC)c2)c1=O. The van der Waals surface area contributed by atoms with Gasteiger partial charge in [-0.1, -0.05) is 24.3 Å². The lowest BCUT2D eigenvalue weighted by Gasteiger charge is -2.14.